The highest BCUT2D eigenvalue weighted by molar-refractivity contribution is 5.83. The van der Waals surface area contributed by atoms with Gasteiger partial charge in [-0.25, -0.2) is 0 Å². The molecular formula is C14H25N3O2. The molecule has 108 valence electrons. The fraction of sp³-hybridized carbons (Fsp3) is 0.857. The summed E-state index contributed by atoms with van der Waals surface area (Å²) in [5, 5.41) is 6.06. The predicted molar refractivity (Wildman–Crippen MR) is 73.6 cm³/mol. The van der Waals surface area contributed by atoms with Gasteiger partial charge in [0.2, 0.25) is 11.8 Å². The van der Waals surface area contributed by atoms with E-state index in [4.69, 9.17) is 0 Å². The second-order valence-electron chi connectivity index (χ2n) is 5.83. The first-order valence-corrected chi connectivity index (χ1v) is 7.35. The van der Waals surface area contributed by atoms with Gasteiger partial charge in [-0.1, -0.05) is 0 Å². The monoisotopic (exact) mass is 267 g/mol. The molecule has 5 heteroatoms. The molecule has 0 aromatic heterocycles. The summed E-state index contributed by atoms with van der Waals surface area (Å²) in [6.45, 7) is 4.10. The zero-order chi connectivity index (χ0) is 13.8. The van der Waals surface area contributed by atoms with E-state index in [1.54, 1.807) is 0 Å². The highest BCUT2D eigenvalue weighted by Crippen LogP contribution is 2.32. The van der Waals surface area contributed by atoms with Gasteiger partial charge in [0.1, 0.15) is 0 Å². The lowest BCUT2D eigenvalue weighted by Crippen LogP contribution is -2.47. The van der Waals surface area contributed by atoms with Crippen LogP contribution in [0.4, 0.5) is 0 Å². The maximum absolute atomic E-state index is 12.1. The van der Waals surface area contributed by atoms with Crippen molar-refractivity contribution in [2.75, 3.05) is 26.7 Å². The van der Waals surface area contributed by atoms with E-state index in [1.165, 1.54) is 0 Å². The molecule has 19 heavy (non-hydrogen) atoms. The van der Waals surface area contributed by atoms with Crippen molar-refractivity contribution in [2.24, 2.45) is 11.8 Å². The van der Waals surface area contributed by atoms with Crippen molar-refractivity contribution in [3.05, 3.63) is 0 Å². The standard InChI is InChI=1S/C14H25N3O2/c1-10(15-2)8-16-13(18)12-4-3-7-17(9-12)14(19)11-5-6-11/h10-12,15H,3-9H2,1-2H3,(H,16,18). The van der Waals surface area contributed by atoms with Crippen LogP contribution >= 0.6 is 0 Å². The van der Waals surface area contributed by atoms with E-state index in [-0.39, 0.29) is 29.7 Å². The highest BCUT2D eigenvalue weighted by atomic mass is 16.2. The van der Waals surface area contributed by atoms with Gasteiger partial charge in [0, 0.05) is 31.6 Å². The molecule has 0 aromatic rings. The lowest BCUT2D eigenvalue weighted by Gasteiger charge is -2.32. The Morgan fingerprint density at radius 3 is 2.63 bits per heavy atom. The number of carbonyl (C=O) groups is 2. The minimum absolute atomic E-state index is 0.0273. The normalized spacial score (nSPS) is 24.9. The molecule has 0 radical (unpaired) electrons. The SMILES string of the molecule is CNC(C)CNC(=O)C1CCCN(C(=O)C2CC2)C1. The van der Waals surface area contributed by atoms with E-state index in [2.05, 4.69) is 10.6 Å². The second-order valence-corrected chi connectivity index (χ2v) is 5.83. The van der Waals surface area contributed by atoms with Gasteiger partial charge in [0.05, 0.1) is 5.92 Å². The molecule has 2 N–H and O–H groups in total. The molecule has 1 heterocycles. The topological polar surface area (TPSA) is 61.4 Å². The van der Waals surface area contributed by atoms with E-state index < -0.39 is 0 Å². The summed E-state index contributed by atoms with van der Waals surface area (Å²) in [6.07, 6.45) is 3.91. The van der Waals surface area contributed by atoms with Gasteiger partial charge in [-0.15, -0.1) is 0 Å². The van der Waals surface area contributed by atoms with Gasteiger partial charge < -0.3 is 15.5 Å². The highest BCUT2D eigenvalue weighted by Gasteiger charge is 2.36. The first-order valence-electron chi connectivity index (χ1n) is 7.35. The number of likely N-dealkylation sites (N-methyl/N-ethyl adjacent to an activating group) is 1. The summed E-state index contributed by atoms with van der Waals surface area (Å²) in [6, 6.07) is 0.275. The van der Waals surface area contributed by atoms with Gasteiger partial charge in [0.25, 0.3) is 0 Å². The molecule has 1 saturated heterocycles. The number of rotatable bonds is 5. The molecule has 0 bridgehead atoms. The summed E-state index contributed by atoms with van der Waals surface area (Å²) in [5.74, 6) is 0.586. The van der Waals surface area contributed by atoms with E-state index in [9.17, 15) is 9.59 Å². The van der Waals surface area contributed by atoms with Crippen molar-refractivity contribution < 1.29 is 9.59 Å². The van der Waals surface area contributed by atoms with E-state index in [0.29, 0.717) is 13.1 Å². The molecule has 0 spiro atoms. The van der Waals surface area contributed by atoms with Crippen LogP contribution in [-0.2, 0) is 9.59 Å². The van der Waals surface area contributed by atoms with E-state index >= 15 is 0 Å². The van der Waals surface area contributed by atoms with Crippen LogP contribution in [-0.4, -0.2) is 49.4 Å². The molecule has 2 atom stereocenters. The summed E-state index contributed by atoms with van der Waals surface area (Å²) in [7, 11) is 1.88. The number of likely N-dealkylation sites (tertiary alicyclic amines) is 1. The molecule has 2 fully saturated rings. The summed E-state index contributed by atoms with van der Waals surface area (Å²) in [5.41, 5.74) is 0. The molecule has 2 unspecified atom stereocenters. The summed E-state index contributed by atoms with van der Waals surface area (Å²) >= 11 is 0. The van der Waals surface area contributed by atoms with Crippen LogP contribution in [0.25, 0.3) is 0 Å². The van der Waals surface area contributed by atoms with Crippen molar-refractivity contribution in [3.8, 4) is 0 Å². The predicted octanol–water partition coefficient (Wildman–Crippen LogP) is 0.359. The molecule has 2 aliphatic rings. The molecular weight excluding hydrogens is 242 g/mol. The van der Waals surface area contributed by atoms with Crippen molar-refractivity contribution in [3.63, 3.8) is 0 Å². The summed E-state index contributed by atoms with van der Waals surface area (Å²) < 4.78 is 0. The van der Waals surface area contributed by atoms with Gasteiger partial charge >= 0.3 is 0 Å². The summed E-state index contributed by atoms with van der Waals surface area (Å²) in [4.78, 5) is 26.0. The Labute approximate surface area is 115 Å². The lowest BCUT2D eigenvalue weighted by molar-refractivity contribution is -0.136. The van der Waals surface area contributed by atoms with Crippen molar-refractivity contribution in [1.82, 2.24) is 15.5 Å². The largest absolute Gasteiger partial charge is 0.354 e. The average molecular weight is 267 g/mol. The fourth-order valence-corrected chi connectivity index (χ4v) is 2.48. The second kappa shape index (κ2) is 6.37. The number of piperidine rings is 1. The Bertz CT molecular complexity index is 342. The molecule has 1 aliphatic carbocycles. The number of carbonyl (C=O) groups excluding carboxylic acids is 2. The first kappa shape index (κ1) is 14.3. The smallest absolute Gasteiger partial charge is 0.225 e. The Balaban J connectivity index is 1.79. The third-order valence-corrected chi connectivity index (χ3v) is 4.11. The number of hydrogen-bond acceptors (Lipinski definition) is 3. The molecule has 5 nitrogen and oxygen atoms in total. The van der Waals surface area contributed by atoms with Gasteiger partial charge in [-0.05, 0) is 39.7 Å². The van der Waals surface area contributed by atoms with E-state index in [0.717, 1.165) is 32.2 Å². The van der Waals surface area contributed by atoms with Crippen molar-refractivity contribution in [1.29, 1.82) is 0 Å². The maximum Gasteiger partial charge on any atom is 0.225 e. The number of amides is 2. The Kier molecular flexibility index (Phi) is 4.80. The zero-order valence-corrected chi connectivity index (χ0v) is 11.9. The Morgan fingerprint density at radius 1 is 1.26 bits per heavy atom. The minimum Gasteiger partial charge on any atom is -0.354 e. The van der Waals surface area contributed by atoms with Crippen LogP contribution in [0.15, 0.2) is 0 Å². The fourth-order valence-electron chi connectivity index (χ4n) is 2.48. The first-order chi connectivity index (χ1) is 9.11. The third kappa shape index (κ3) is 3.93. The van der Waals surface area contributed by atoms with Gasteiger partial charge in [-0.2, -0.15) is 0 Å². The Morgan fingerprint density at radius 2 is 2.00 bits per heavy atom. The molecule has 2 amide bonds. The van der Waals surface area contributed by atoms with Gasteiger partial charge in [-0.3, -0.25) is 9.59 Å². The van der Waals surface area contributed by atoms with Crippen LogP contribution < -0.4 is 10.6 Å². The van der Waals surface area contributed by atoms with E-state index in [1.807, 2.05) is 18.9 Å². The number of hydrogen-bond donors (Lipinski definition) is 2. The third-order valence-electron chi connectivity index (χ3n) is 4.11. The molecule has 1 saturated carbocycles. The number of nitrogens with zero attached hydrogens (tertiary/aromatic N) is 1. The van der Waals surface area contributed by atoms with Crippen LogP contribution in [0, 0.1) is 11.8 Å². The van der Waals surface area contributed by atoms with Crippen LogP contribution in [0.5, 0.6) is 0 Å². The Hall–Kier alpha value is -1.10. The van der Waals surface area contributed by atoms with Crippen molar-refractivity contribution >= 4 is 11.8 Å². The number of nitrogens with one attached hydrogen (secondary N) is 2. The maximum atomic E-state index is 12.1. The van der Waals surface area contributed by atoms with Crippen LogP contribution in [0.1, 0.15) is 32.6 Å². The van der Waals surface area contributed by atoms with Crippen LogP contribution in [0.2, 0.25) is 0 Å². The zero-order valence-electron chi connectivity index (χ0n) is 11.9. The minimum atomic E-state index is -0.0273. The average Bonchev–Trinajstić information content (AvgIpc) is 3.28. The van der Waals surface area contributed by atoms with Gasteiger partial charge in [0.15, 0.2) is 0 Å². The molecule has 2 rings (SSSR count). The lowest BCUT2D eigenvalue weighted by atomic mass is 9.96. The molecule has 0 aromatic carbocycles. The van der Waals surface area contributed by atoms with Crippen LogP contribution in [0.3, 0.4) is 0 Å². The quantitative estimate of drug-likeness (QED) is 0.756. The van der Waals surface area contributed by atoms with Crippen molar-refractivity contribution in [2.45, 2.75) is 38.6 Å². The molecule has 1 aliphatic heterocycles.